The number of nitrogens with zero attached hydrogens (tertiary/aromatic N) is 1. The molecule has 146 valence electrons. The molecule has 1 aliphatic rings. The molecule has 0 spiro atoms. The summed E-state index contributed by atoms with van der Waals surface area (Å²) in [5, 5.41) is 3.13. The van der Waals surface area contributed by atoms with Gasteiger partial charge in [-0.2, -0.15) is 0 Å². The van der Waals surface area contributed by atoms with Gasteiger partial charge >= 0.3 is 0 Å². The first-order valence-electron chi connectivity index (χ1n) is 9.90. The molecule has 0 saturated carbocycles. The zero-order valence-corrected chi connectivity index (χ0v) is 16.7. The van der Waals surface area contributed by atoms with Crippen LogP contribution in [0.3, 0.4) is 0 Å². The first-order valence-corrected chi connectivity index (χ1v) is 9.90. The Morgan fingerprint density at radius 2 is 1.57 bits per heavy atom. The molecule has 28 heavy (non-hydrogen) atoms. The van der Waals surface area contributed by atoms with E-state index in [1.54, 1.807) is 36.4 Å². The molecule has 4 nitrogen and oxygen atoms in total. The van der Waals surface area contributed by atoms with Crippen LogP contribution in [-0.4, -0.2) is 42.3 Å². The topological polar surface area (TPSA) is 49.4 Å². The van der Waals surface area contributed by atoms with Gasteiger partial charge in [0.2, 0.25) is 0 Å². The Labute approximate surface area is 167 Å². The molecule has 0 unspecified atom stereocenters. The van der Waals surface area contributed by atoms with Crippen molar-refractivity contribution in [2.75, 3.05) is 19.6 Å². The van der Waals surface area contributed by atoms with Gasteiger partial charge in [0.05, 0.1) is 5.56 Å². The minimum atomic E-state index is -0.164. The Kier molecular flexibility index (Phi) is 6.77. The Bertz CT molecular complexity index is 846. The second-order valence-electron chi connectivity index (χ2n) is 7.57. The maximum atomic E-state index is 12.9. The second kappa shape index (κ2) is 9.47. The summed E-state index contributed by atoms with van der Waals surface area (Å²) in [7, 11) is 0. The number of nitrogens with one attached hydrogen (secondary N) is 1. The van der Waals surface area contributed by atoms with Crippen molar-refractivity contribution >= 4 is 11.7 Å². The number of hydrogen-bond acceptors (Lipinski definition) is 3. The van der Waals surface area contributed by atoms with Gasteiger partial charge in [-0.1, -0.05) is 60.2 Å². The number of hydrogen-bond donors (Lipinski definition) is 1. The third-order valence-electron chi connectivity index (χ3n) is 5.13. The molecule has 0 aromatic heterocycles. The van der Waals surface area contributed by atoms with Crippen LogP contribution in [0.15, 0.2) is 66.2 Å². The molecule has 1 aliphatic heterocycles. The number of likely N-dealkylation sites (tertiary alicyclic amines) is 1. The molecule has 1 fully saturated rings. The highest BCUT2D eigenvalue weighted by Crippen LogP contribution is 2.17. The summed E-state index contributed by atoms with van der Waals surface area (Å²) in [4.78, 5) is 28.1. The number of carbonyl (C=O) groups excluding carboxylic acids is 2. The largest absolute Gasteiger partial charge is 0.349 e. The van der Waals surface area contributed by atoms with Crippen molar-refractivity contribution in [1.29, 1.82) is 0 Å². The first kappa shape index (κ1) is 20.0. The third-order valence-corrected chi connectivity index (χ3v) is 5.13. The SMILES string of the molecule is CC(C)=CCN1CCC(NC(=O)c2ccccc2C(=O)c2ccccc2)CC1. The van der Waals surface area contributed by atoms with E-state index in [0.29, 0.717) is 16.7 Å². The minimum absolute atomic E-state index is 0.122. The number of carbonyl (C=O) groups is 2. The van der Waals surface area contributed by atoms with Crippen LogP contribution in [0.1, 0.15) is 53.0 Å². The predicted molar refractivity (Wildman–Crippen MR) is 113 cm³/mol. The van der Waals surface area contributed by atoms with Crippen LogP contribution in [-0.2, 0) is 0 Å². The number of allylic oxidation sites excluding steroid dienone is 1. The lowest BCUT2D eigenvalue weighted by Gasteiger charge is -2.31. The van der Waals surface area contributed by atoms with Gasteiger partial charge in [0.1, 0.15) is 0 Å². The molecule has 1 amide bonds. The summed E-state index contributed by atoms with van der Waals surface area (Å²) < 4.78 is 0. The van der Waals surface area contributed by atoms with Gasteiger partial charge in [0.15, 0.2) is 5.78 Å². The zero-order valence-electron chi connectivity index (χ0n) is 16.7. The van der Waals surface area contributed by atoms with Crippen LogP contribution < -0.4 is 5.32 Å². The third kappa shape index (κ3) is 5.17. The van der Waals surface area contributed by atoms with E-state index in [1.165, 1.54) is 5.57 Å². The van der Waals surface area contributed by atoms with Gasteiger partial charge in [0, 0.05) is 36.8 Å². The monoisotopic (exact) mass is 376 g/mol. The van der Waals surface area contributed by atoms with Crippen molar-refractivity contribution in [2.45, 2.75) is 32.7 Å². The van der Waals surface area contributed by atoms with E-state index in [-0.39, 0.29) is 17.7 Å². The Balaban J connectivity index is 1.64. The highest BCUT2D eigenvalue weighted by Gasteiger charge is 2.23. The van der Waals surface area contributed by atoms with Crippen LogP contribution in [0.4, 0.5) is 0 Å². The van der Waals surface area contributed by atoms with Gasteiger partial charge < -0.3 is 5.32 Å². The van der Waals surface area contributed by atoms with Crippen LogP contribution in [0.5, 0.6) is 0 Å². The molecule has 0 radical (unpaired) electrons. The minimum Gasteiger partial charge on any atom is -0.349 e. The van der Waals surface area contributed by atoms with Crippen molar-refractivity contribution in [2.24, 2.45) is 0 Å². The van der Waals surface area contributed by atoms with Crippen LogP contribution >= 0.6 is 0 Å². The van der Waals surface area contributed by atoms with Crippen molar-refractivity contribution < 1.29 is 9.59 Å². The summed E-state index contributed by atoms with van der Waals surface area (Å²) in [6.07, 6.45) is 4.10. The van der Waals surface area contributed by atoms with Crippen molar-refractivity contribution in [3.05, 3.63) is 82.9 Å². The number of amides is 1. The average molecular weight is 377 g/mol. The molecule has 1 saturated heterocycles. The standard InChI is InChI=1S/C24H28N2O2/c1-18(2)12-15-26-16-13-20(14-17-26)25-24(28)22-11-7-6-10-21(22)23(27)19-8-4-3-5-9-19/h3-12,20H,13-17H2,1-2H3,(H,25,28). The van der Waals surface area contributed by atoms with E-state index < -0.39 is 0 Å². The highest BCUT2D eigenvalue weighted by molar-refractivity contribution is 6.15. The number of ketones is 1. The summed E-state index contributed by atoms with van der Waals surface area (Å²) in [5.74, 6) is -0.287. The summed E-state index contributed by atoms with van der Waals surface area (Å²) >= 11 is 0. The first-order chi connectivity index (χ1) is 13.5. The predicted octanol–water partition coefficient (Wildman–Crippen LogP) is 4.08. The second-order valence-corrected chi connectivity index (χ2v) is 7.57. The van der Waals surface area contributed by atoms with Crippen LogP contribution in [0.25, 0.3) is 0 Å². The van der Waals surface area contributed by atoms with E-state index >= 15 is 0 Å². The average Bonchev–Trinajstić information content (AvgIpc) is 2.73. The van der Waals surface area contributed by atoms with E-state index in [1.807, 2.05) is 18.2 Å². The van der Waals surface area contributed by atoms with Crippen LogP contribution in [0.2, 0.25) is 0 Å². The molecule has 1 heterocycles. The molecule has 2 aromatic rings. The molecule has 4 heteroatoms. The van der Waals surface area contributed by atoms with Gasteiger partial charge in [-0.25, -0.2) is 0 Å². The quantitative estimate of drug-likeness (QED) is 0.610. The maximum absolute atomic E-state index is 12.9. The number of piperidine rings is 1. The lowest BCUT2D eigenvalue weighted by Crippen LogP contribution is -2.44. The normalized spacial score (nSPS) is 15.1. The van der Waals surface area contributed by atoms with Gasteiger partial charge in [-0.3, -0.25) is 14.5 Å². The smallest absolute Gasteiger partial charge is 0.252 e. The molecular weight excluding hydrogens is 348 g/mol. The van der Waals surface area contributed by atoms with Crippen LogP contribution in [0, 0.1) is 0 Å². The molecule has 0 atom stereocenters. The van der Waals surface area contributed by atoms with Gasteiger partial charge in [0.25, 0.3) is 5.91 Å². The van der Waals surface area contributed by atoms with Gasteiger partial charge in [-0.15, -0.1) is 0 Å². The Morgan fingerprint density at radius 3 is 2.21 bits per heavy atom. The number of rotatable bonds is 6. The molecular formula is C24H28N2O2. The molecule has 1 N–H and O–H groups in total. The van der Waals surface area contributed by atoms with Crippen molar-refractivity contribution in [3.8, 4) is 0 Å². The fourth-order valence-corrected chi connectivity index (χ4v) is 3.46. The summed E-state index contributed by atoms with van der Waals surface area (Å²) in [5.41, 5.74) is 2.82. The molecule has 2 aromatic carbocycles. The highest BCUT2D eigenvalue weighted by atomic mass is 16.2. The zero-order chi connectivity index (χ0) is 19.9. The van der Waals surface area contributed by atoms with E-state index in [9.17, 15) is 9.59 Å². The van der Waals surface area contributed by atoms with E-state index in [2.05, 4.69) is 30.1 Å². The van der Waals surface area contributed by atoms with E-state index in [4.69, 9.17) is 0 Å². The van der Waals surface area contributed by atoms with Crippen molar-refractivity contribution in [1.82, 2.24) is 10.2 Å². The van der Waals surface area contributed by atoms with E-state index in [0.717, 1.165) is 32.5 Å². The summed E-state index contributed by atoms with van der Waals surface area (Å²) in [6.45, 7) is 7.14. The lowest BCUT2D eigenvalue weighted by atomic mass is 9.97. The Morgan fingerprint density at radius 1 is 0.964 bits per heavy atom. The lowest BCUT2D eigenvalue weighted by molar-refractivity contribution is 0.0905. The van der Waals surface area contributed by atoms with Gasteiger partial charge in [-0.05, 0) is 32.8 Å². The molecule has 3 rings (SSSR count). The fraction of sp³-hybridized carbons (Fsp3) is 0.333. The summed E-state index contributed by atoms with van der Waals surface area (Å²) in [6, 6.07) is 16.3. The Hall–Kier alpha value is -2.72. The van der Waals surface area contributed by atoms with Crippen molar-refractivity contribution in [3.63, 3.8) is 0 Å². The number of benzene rings is 2. The fourth-order valence-electron chi connectivity index (χ4n) is 3.46. The molecule has 0 bridgehead atoms. The maximum Gasteiger partial charge on any atom is 0.252 e. The molecule has 0 aliphatic carbocycles.